The topological polar surface area (TPSA) is 38.6 Å². The van der Waals surface area contributed by atoms with E-state index in [0.29, 0.717) is 12.0 Å². The van der Waals surface area contributed by atoms with Gasteiger partial charge in [-0.1, -0.05) is 46.5 Å². The fraction of sp³-hybridized carbons (Fsp3) is 0.650. The van der Waals surface area contributed by atoms with Crippen molar-refractivity contribution < 1.29 is 4.74 Å². The van der Waals surface area contributed by atoms with Gasteiger partial charge in [-0.15, -0.1) is 0 Å². The summed E-state index contributed by atoms with van der Waals surface area (Å²) in [6.07, 6.45) is 10.9. The van der Waals surface area contributed by atoms with Crippen LogP contribution in [0.25, 0.3) is 5.65 Å². The molecule has 0 unspecified atom stereocenters. The van der Waals surface area contributed by atoms with Crippen molar-refractivity contribution in [1.29, 1.82) is 0 Å². The molecule has 1 N–H and O–H groups in total. The van der Waals surface area contributed by atoms with Crippen molar-refractivity contribution in [2.24, 2.45) is 0 Å². The van der Waals surface area contributed by atoms with E-state index in [0.717, 1.165) is 42.4 Å². The number of rotatable bonds is 7. The predicted octanol–water partition coefficient (Wildman–Crippen LogP) is 5.38. The summed E-state index contributed by atoms with van der Waals surface area (Å²) in [5, 5.41) is 3.79. The lowest BCUT2D eigenvalue weighted by Crippen LogP contribution is -2.23. The first-order valence-corrected chi connectivity index (χ1v) is 9.61. The molecule has 2 aromatic rings. The minimum absolute atomic E-state index is 0.388. The molecular formula is C20H31N3O. The van der Waals surface area contributed by atoms with Crippen LogP contribution in [0.15, 0.2) is 18.3 Å². The molecular weight excluding hydrogens is 298 g/mol. The zero-order valence-electron chi connectivity index (χ0n) is 15.3. The zero-order valence-corrected chi connectivity index (χ0v) is 15.3. The smallest absolute Gasteiger partial charge is 0.181 e. The Balaban J connectivity index is 1.93. The summed E-state index contributed by atoms with van der Waals surface area (Å²) in [5.41, 5.74) is 2.09. The second kappa shape index (κ2) is 7.91. The molecule has 4 heteroatoms. The normalized spacial score (nSPS) is 16.0. The van der Waals surface area contributed by atoms with Gasteiger partial charge < -0.3 is 10.1 Å². The van der Waals surface area contributed by atoms with E-state index in [9.17, 15) is 0 Å². The van der Waals surface area contributed by atoms with Crippen LogP contribution in [-0.4, -0.2) is 22.0 Å². The number of nitrogens with one attached hydrogen (secondary N) is 1. The van der Waals surface area contributed by atoms with Crippen LogP contribution in [0, 0.1) is 0 Å². The third kappa shape index (κ3) is 3.68. The first-order chi connectivity index (χ1) is 11.7. The molecule has 24 heavy (non-hydrogen) atoms. The second-order valence-electron chi connectivity index (χ2n) is 7.25. The van der Waals surface area contributed by atoms with Gasteiger partial charge in [0, 0.05) is 12.2 Å². The van der Waals surface area contributed by atoms with Gasteiger partial charge in [-0.3, -0.25) is 4.40 Å². The van der Waals surface area contributed by atoms with Gasteiger partial charge in [0.1, 0.15) is 5.82 Å². The summed E-state index contributed by atoms with van der Waals surface area (Å²) in [4.78, 5) is 4.93. The Morgan fingerprint density at radius 1 is 1.29 bits per heavy atom. The van der Waals surface area contributed by atoms with Gasteiger partial charge in [-0.2, -0.15) is 0 Å². The average molecular weight is 329 g/mol. The van der Waals surface area contributed by atoms with Crippen molar-refractivity contribution in [1.82, 2.24) is 9.38 Å². The molecule has 132 valence electrons. The van der Waals surface area contributed by atoms with Crippen LogP contribution in [-0.2, 0) is 0 Å². The van der Waals surface area contributed by atoms with Gasteiger partial charge >= 0.3 is 0 Å². The maximum Gasteiger partial charge on any atom is 0.181 e. The number of hydrogen-bond acceptors (Lipinski definition) is 3. The zero-order chi connectivity index (χ0) is 16.9. The number of nitrogens with zero attached hydrogens (tertiary/aromatic N) is 2. The Hall–Kier alpha value is -1.71. The van der Waals surface area contributed by atoms with Gasteiger partial charge in [-0.25, -0.2) is 4.98 Å². The molecule has 4 nitrogen and oxygen atoms in total. The number of fused-ring (bicyclic) bond motifs is 1. The molecule has 1 fully saturated rings. The maximum atomic E-state index is 5.99. The molecule has 0 aromatic carbocycles. The van der Waals surface area contributed by atoms with E-state index in [2.05, 4.69) is 42.8 Å². The van der Waals surface area contributed by atoms with Crippen molar-refractivity contribution in [3.05, 3.63) is 24.0 Å². The molecule has 0 atom stereocenters. The van der Waals surface area contributed by atoms with Crippen LogP contribution in [0.5, 0.6) is 5.75 Å². The number of anilines is 1. The molecule has 2 aromatic heterocycles. The van der Waals surface area contributed by atoms with Crippen LogP contribution in [0.2, 0.25) is 0 Å². The van der Waals surface area contributed by atoms with Gasteiger partial charge in [0.25, 0.3) is 0 Å². The Labute approximate surface area is 145 Å². The molecule has 1 aliphatic carbocycles. The third-order valence-electron chi connectivity index (χ3n) is 4.89. The van der Waals surface area contributed by atoms with Crippen molar-refractivity contribution in [3.63, 3.8) is 0 Å². The fourth-order valence-corrected chi connectivity index (χ4v) is 3.49. The highest BCUT2D eigenvalue weighted by Gasteiger charge is 2.21. The second-order valence-corrected chi connectivity index (χ2v) is 7.25. The number of unbranched alkanes of at least 4 members (excludes halogenated alkanes) is 1. The number of aromatic nitrogens is 2. The van der Waals surface area contributed by atoms with Gasteiger partial charge in [-0.05, 0) is 37.3 Å². The molecule has 2 heterocycles. The molecule has 0 spiro atoms. The average Bonchev–Trinajstić information content (AvgIpc) is 2.96. The molecule has 1 saturated carbocycles. The van der Waals surface area contributed by atoms with Gasteiger partial charge in [0.15, 0.2) is 11.4 Å². The lowest BCUT2D eigenvalue weighted by molar-refractivity contribution is 0.311. The van der Waals surface area contributed by atoms with Gasteiger partial charge in [0.2, 0.25) is 0 Å². The molecule has 0 bridgehead atoms. The van der Waals surface area contributed by atoms with E-state index in [4.69, 9.17) is 9.72 Å². The highest BCUT2D eigenvalue weighted by Crippen LogP contribution is 2.32. The number of ether oxygens (including phenoxy) is 1. The van der Waals surface area contributed by atoms with Crippen LogP contribution < -0.4 is 10.1 Å². The summed E-state index contributed by atoms with van der Waals surface area (Å²) < 4.78 is 8.17. The van der Waals surface area contributed by atoms with E-state index in [1.165, 1.54) is 32.1 Å². The molecule has 3 rings (SSSR count). The quantitative estimate of drug-likeness (QED) is 0.693. The number of hydrogen-bond donors (Lipinski definition) is 1. The first-order valence-electron chi connectivity index (χ1n) is 9.61. The molecule has 0 radical (unpaired) electrons. The lowest BCUT2D eigenvalue weighted by Gasteiger charge is -2.24. The number of imidazole rings is 1. The van der Waals surface area contributed by atoms with Crippen molar-refractivity contribution in [2.75, 3.05) is 11.9 Å². The fourth-order valence-electron chi connectivity index (χ4n) is 3.49. The molecule has 0 saturated heterocycles. The summed E-state index contributed by atoms with van der Waals surface area (Å²) in [7, 11) is 0. The highest BCUT2D eigenvalue weighted by molar-refractivity contribution is 5.63. The van der Waals surface area contributed by atoms with Crippen molar-refractivity contribution in [3.8, 4) is 5.75 Å². The standard InChI is InChI=1S/C20H31N3O/c1-4-5-14-24-17-12-9-13-23-19(17)22-18(15(2)3)20(23)21-16-10-7-6-8-11-16/h9,12-13,15-16,21H,4-8,10-11,14H2,1-3H3. The van der Waals surface area contributed by atoms with E-state index in [1.807, 2.05) is 6.07 Å². The Kier molecular flexibility index (Phi) is 5.64. The van der Waals surface area contributed by atoms with E-state index in [-0.39, 0.29) is 0 Å². The van der Waals surface area contributed by atoms with E-state index < -0.39 is 0 Å². The van der Waals surface area contributed by atoms with Crippen LogP contribution >= 0.6 is 0 Å². The van der Waals surface area contributed by atoms with E-state index in [1.54, 1.807) is 0 Å². The largest absolute Gasteiger partial charge is 0.490 e. The first kappa shape index (κ1) is 17.1. The monoisotopic (exact) mass is 329 g/mol. The Morgan fingerprint density at radius 3 is 2.79 bits per heavy atom. The Bertz CT molecular complexity index is 656. The summed E-state index contributed by atoms with van der Waals surface area (Å²) >= 11 is 0. The van der Waals surface area contributed by atoms with Gasteiger partial charge in [0.05, 0.1) is 12.3 Å². The molecule has 1 aliphatic rings. The lowest BCUT2D eigenvalue weighted by atomic mass is 9.95. The van der Waals surface area contributed by atoms with Crippen molar-refractivity contribution >= 4 is 11.5 Å². The third-order valence-corrected chi connectivity index (χ3v) is 4.89. The van der Waals surface area contributed by atoms with E-state index >= 15 is 0 Å². The Morgan fingerprint density at radius 2 is 2.08 bits per heavy atom. The van der Waals surface area contributed by atoms with Crippen molar-refractivity contribution in [2.45, 2.75) is 77.7 Å². The van der Waals surface area contributed by atoms with Crippen LogP contribution in [0.4, 0.5) is 5.82 Å². The highest BCUT2D eigenvalue weighted by atomic mass is 16.5. The number of pyridine rings is 1. The SMILES string of the molecule is CCCCOc1cccn2c(NC3CCCCC3)c(C(C)C)nc12. The predicted molar refractivity (Wildman–Crippen MR) is 100 cm³/mol. The molecule has 0 amide bonds. The van der Waals surface area contributed by atoms with Crippen LogP contribution in [0.1, 0.15) is 77.3 Å². The van der Waals surface area contributed by atoms with Crippen LogP contribution in [0.3, 0.4) is 0 Å². The maximum absolute atomic E-state index is 5.99. The minimum atomic E-state index is 0.388. The minimum Gasteiger partial charge on any atom is -0.490 e. The summed E-state index contributed by atoms with van der Waals surface area (Å²) in [6, 6.07) is 4.67. The summed E-state index contributed by atoms with van der Waals surface area (Å²) in [5.74, 6) is 2.44. The molecule has 0 aliphatic heterocycles. The summed E-state index contributed by atoms with van der Waals surface area (Å²) in [6.45, 7) is 7.37.